The van der Waals surface area contributed by atoms with Crippen LogP contribution < -0.4 is 10.1 Å². The van der Waals surface area contributed by atoms with Crippen molar-refractivity contribution in [3.8, 4) is 5.75 Å². The first kappa shape index (κ1) is 15.7. The SMILES string of the molecule is CN(CCOc1ccccc1F)C(=O)NCCC(=O)O. The van der Waals surface area contributed by atoms with Crippen LogP contribution in [0, 0.1) is 5.82 Å². The molecule has 0 spiro atoms. The average Bonchev–Trinajstić information content (AvgIpc) is 2.40. The molecule has 0 radical (unpaired) electrons. The normalized spacial score (nSPS) is 9.90. The molecule has 0 aliphatic heterocycles. The molecule has 0 saturated heterocycles. The summed E-state index contributed by atoms with van der Waals surface area (Å²) in [4.78, 5) is 23.2. The van der Waals surface area contributed by atoms with Gasteiger partial charge < -0.3 is 20.1 Å². The van der Waals surface area contributed by atoms with E-state index >= 15 is 0 Å². The number of ether oxygens (including phenoxy) is 1. The van der Waals surface area contributed by atoms with Gasteiger partial charge in [0.05, 0.1) is 13.0 Å². The molecule has 110 valence electrons. The van der Waals surface area contributed by atoms with Crippen molar-refractivity contribution in [3.05, 3.63) is 30.1 Å². The summed E-state index contributed by atoms with van der Waals surface area (Å²) in [6.45, 7) is 0.462. The van der Waals surface area contributed by atoms with Crippen LogP contribution >= 0.6 is 0 Å². The van der Waals surface area contributed by atoms with Crippen LogP contribution in [-0.4, -0.2) is 48.8 Å². The van der Waals surface area contributed by atoms with Crippen LogP contribution in [0.2, 0.25) is 0 Å². The number of carboxylic acids is 1. The van der Waals surface area contributed by atoms with Crippen molar-refractivity contribution in [2.24, 2.45) is 0 Å². The molecule has 7 heteroatoms. The Morgan fingerprint density at radius 2 is 2.10 bits per heavy atom. The predicted octanol–water partition coefficient (Wildman–Crippen LogP) is 1.32. The van der Waals surface area contributed by atoms with Crippen LogP contribution in [-0.2, 0) is 4.79 Å². The molecule has 1 aromatic rings. The fourth-order valence-corrected chi connectivity index (χ4v) is 1.37. The molecular formula is C13H17FN2O4. The topological polar surface area (TPSA) is 78.9 Å². The second-order valence-corrected chi connectivity index (χ2v) is 4.08. The predicted molar refractivity (Wildman–Crippen MR) is 70.2 cm³/mol. The van der Waals surface area contributed by atoms with Gasteiger partial charge in [0.2, 0.25) is 0 Å². The zero-order valence-corrected chi connectivity index (χ0v) is 11.1. The molecule has 0 saturated carbocycles. The molecule has 0 aliphatic rings. The van der Waals surface area contributed by atoms with Crippen LogP contribution in [0.15, 0.2) is 24.3 Å². The highest BCUT2D eigenvalue weighted by Gasteiger charge is 2.09. The van der Waals surface area contributed by atoms with E-state index in [-0.39, 0.29) is 31.9 Å². The zero-order chi connectivity index (χ0) is 15.0. The van der Waals surface area contributed by atoms with E-state index in [1.165, 1.54) is 17.0 Å². The van der Waals surface area contributed by atoms with Gasteiger partial charge in [-0.3, -0.25) is 4.79 Å². The molecule has 2 amide bonds. The highest BCUT2D eigenvalue weighted by molar-refractivity contribution is 5.74. The number of benzene rings is 1. The van der Waals surface area contributed by atoms with Gasteiger partial charge in [0.15, 0.2) is 11.6 Å². The maximum Gasteiger partial charge on any atom is 0.317 e. The summed E-state index contributed by atoms with van der Waals surface area (Å²) in [5.41, 5.74) is 0. The van der Waals surface area contributed by atoms with E-state index in [1.807, 2.05) is 0 Å². The number of carbonyl (C=O) groups excluding carboxylic acids is 1. The number of amides is 2. The van der Waals surface area contributed by atoms with Crippen molar-refractivity contribution in [1.82, 2.24) is 10.2 Å². The van der Waals surface area contributed by atoms with E-state index in [2.05, 4.69) is 5.32 Å². The van der Waals surface area contributed by atoms with Gasteiger partial charge in [0.1, 0.15) is 6.61 Å². The molecule has 0 atom stereocenters. The Bertz CT molecular complexity index is 467. The summed E-state index contributed by atoms with van der Waals surface area (Å²) in [5.74, 6) is -1.30. The van der Waals surface area contributed by atoms with Crippen LogP contribution in [0.1, 0.15) is 6.42 Å². The quantitative estimate of drug-likeness (QED) is 0.791. The van der Waals surface area contributed by atoms with Gasteiger partial charge in [0.25, 0.3) is 0 Å². The van der Waals surface area contributed by atoms with Crippen LogP contribution in [0.4, 0.5) is 9.18 Å². The first-order chi connectivity index (χ1) is 9.50. The molecule has 0 aromatic heterocycles. The Morgan fingerprint density at radius 1 is 1.40 bits per heavy atom. The summed E-state index contributed by atoms with van der Waals surface area (Å²) in [5, 5.41) is 10.9. The number of halogens is 1. The summed E-state index contributed by atoms with van der Waals surface area (Å²) in [7, 11) is 1.54. The van der Waals surface area contributed by atoms with Gasteiger partial charge in [-0.2, -0.15) is 0 Å². The monoisotopic (exact) mass is 284 g/mol. The molecular weight excluding hydrogens is 267 g/mol. The number of hydrogen-bond acceptors (Lipinski definition) is 3. The summed E-state index contributed by atoms with van der Waals surface area (Å²) in [6, 6.07) is 5.61. The number of nitrogens with zero attached hydrogens (tertiary/aromatic N) is 1. The van der Waals surface area contributed by atoms with E-state index in [1.54, 1.807) is 19.2 Å². The van der Waals surface area contributed by atoms with Crippen molar-refractivity contribution < 1.29 is 23.8 Å². The third kappa shape index (κ3) is 5.55. The Kier molecular flexibility index (Phi) is 6.28. The summed E-state index contributed by atoms with van der Waals surface area (Å²) < 4.78 is 18.5. The Balaban J connectivity index is 2.25. The van der Waals surface area contributed by atoms with Gasteiger partial charge in [-0.15, -0.1) is 0 Å². The lowest BCUT2D eigenvalue weighted by molar-refractivity contribution is -0.136. The minimum absolute atomic E-state index is 0.0622. The fraction of sp³-hybridized carbons (Fsp3) is 0.385. The second kappa shape index (κ2) is 7.98. The lowest BCUT2D eigenvalue weighted by Crippen LogP contribution is -2.40. The summed E-state index contributed by atoms with van der Waals surface area (Å²) in [6.07, 6.45) is -0.134. The van der Waals surface area contributed by atoms with Crippen LogP contribution in [0.5, 0.6) is 5.75 Å². The molecule has 0 fully saturated rings. The number of hydrogen-bond donors (Lipinski definition) is 2. The van der Waals surface area contributed by atoms with E-state index in [0.717, 1.165) is 0 Å². The van der Waals surface area contributed by atoms with E-state index in [0.29, 0.717) is 0 Å². The highest BCUT2D eigenvalue weighted by atomic mass is 19.1. The zero-order valence-electron chi connectivity index (χ0n) is 11.1. The Morgan fingerprint density at radius 3 is 2.75 bits per heavy atom. The van der Waals surface area contributed by atoms with E-state index in [9.17, 15) is 14.0 Å². The number of aliphatic carboxylic acids is 1. The van der Waals surface area contributed by atoms with E-state index < -0.39 is 17.8 Å². The maximum absolute atomic E-state index is 13.2. The molecule has 0 unspecified atom stereocenters. The summed E-state index contributed by atoms with van der Waals surface area (Å²) >= 11 is 0. The highest BCUT2D eigenvalue weighted by Crippen LogP contribution is 2.14. The number of rotatable bonds is 7. The van der Waals surface area contributed by atoms with Gasteiger partial charge in [-0.05, 0) is 12.1 Å². The molecule has 1 aromatic carbocycles. The second-order valence-electron chi connectivity index (χ2n) is 4.08. The van der Waals surface area contributed by atoms with E-state index in [4.69, 9.17) is 9.84 Å². The lowest BCUT2D eigenvalue weighted by Gasteiger charge is -2.18. The van der Waals surface area contributed by atoms with Crippen molar-refractivity contribution in [2.75, 3.05) is 26.7 Å². The van der Waals surface area contributed by atoms with Crippen molar-refractivity contribution in [1.29, 1.82) is 0 Å². The first-order valence-corrected chi connectivity index (χ1v) is 6.09. The first-order valence-electron chi connectivity index (χ1n) is 6.09. The molecule has 0 bridgehead atoms. The molecule has 20 heavy (non-hydrogen) atoms. The minimum Gasteiger partial charge on any atom is -0.489 e. The molecule has 2 N–H and O–H groups in total. The average molecular weight is 284 g/mol. The largest absolute Gasteiger partial charge is 0.489 e. The van der Waals surface area contributed by atoms with Crippen molar-refractivity contribution >= 4 is 12.0 Å². The molecule has 0 aliphatic carbocycles. The van der Waals surface area contributed by atoms with Gasteiger partial charge in [-0.1, -0.05) is 12.1 Å². The lowest BCUT2D eigenvalue weighted by atomic mass is 10.3. The smallest absolute Gasteiger partial charge is 0.317 e. The number of nitrogens with one attached hydrogen (secondary N) is 1. The molecule has 6 nitrogen and oxygen atoms in total. The Labute approximate surface area is 116 Å². The maximum atomic E-state index is 13.2. The number of urea groups is 1. The number of likely N-dealkylation sites (N-methyl/N-ethyl adjacent to an activating group) is 1. The fourth-order valence-electron chi connectivity index (χ4n) is 1.37. The minimum atomic E-state index is -0.976. The third-order valence-corrected chi connectivity index (χ3v) is 2.48. The van der Waals surface area contributed by atoms with Crippen LogP contribution in [0.3, 0.4) is 0 Å². The number of carboxylic acid groups (broad SMARTS) is 1. The van der Waals surface area contributed by atoms with Crippen molar-refractivity contribution in [3.63, 3.8) is 0 Å². The van der Waals surface area contributed by atoms with Crippen LogP contribution in [0.25, 0.3) is 0 Å². The molecule has 0 heterocycles. The standard InChI is InChI=1S/C13H17FN2O4/c1-16(13(19)15-7-6-12(17)18)8-9-20-11-5-3-2-4-10(11)14/h2-5H,6-9H2,1H3,(H,15,19)(H,17,18). The van der Waals surface area contributed by atoms with Gasteiger partial charge in [0, 0.05) is 13.6 Å². The van der Waals surface area contributed by atoms with Gasteiger partial charge >= 0.3 is 12.0 Å². The van der Waals surface area contributed by atoms with Crippen molar-refractivity contribution in [2.45, 2.75) is 6.42 Å². The number of carbonyl (C=O) groups is 2. The number of para-hydroxylation sites is 1. The Hall–Kier alpha value is -2.31. The van der Waals surface area contributed by atoms with Gasteiger partial charge in [-0.25, -0.2) is 9.18 Å². The third-order valence-electron chi connectivity index (χ3n) is 2.48. The molecule has 1 rings (SSSR count).